The van der Waals surface area contributed by atoms with E-state index in [9.17, 15) is 14.4 Å². The molecule has 4 aromatic rings. The summed E-state index contributed by atoms with van der Waals surface area (Å²) in [4.78, 5) is 51.3. The molecule has 0 aliphatic carbocycles. The maximum absolute atomic E-state index is 13.5. The first-order chi connectivity index (χ1) is 19.6. The van der Waals surface area contributed by atoms with Gasteiger partial charge in [-0.05, 0) is 24.3 Å². The average molecular weight is 613 g/mol. The molecule has 1 aliphatic heterocycles. The molecule has 0 saturated carbocycles. The third-order valence-electron chi connectivity index (χ3n) is 6.37. The van der Waals surface area contributed by atoms with Crippen molar-refractivity contribution in [3.63, 3.8) is 0 Å². The lowest BCUT2D eigenvalue weighted by molar-refractivity contribution is 0.0736. The summed E-state index contributed by atoms with van der Waals surface area (Å²) in [5, 5.41) is 5.33. The molecule has 0 N–H and O–H groups in total. The average Bonchev–Trinajstić information content (AvgIpc) is 3.58. The van der Waals surface area contributed by atoms with Crippen molar-refractivity contribution in [1.29, 1.82) is 0 Å². The SMILES string of the molecule is CC(C)(C)C(=O)n1nc(-c2cc(N3CCOCC3)cc(=O)n2CC(=O)c2ncccn2)cc1SCc1ccc(Cl)s1. The largest absolute Gasteiger partial charge is 0.378 e. The van der Waals surface area contributed by atoms with E-state index in [0.717, 1.165) is 4.88 Å². The second kappa shape index (κ2) is 12.3. The van der Waals surface area contributed by atoms with E-state index in [1.165, 1.54) is 50.8 Å². The van der Waals surface area contributed by atoms with Crippen LogP contribution in [0.25, 0.3) is 11.4 Å². The van der Waals surface area contributed by atoms with E-state index in [4.69, 9.17) is 21.4 Å². The van der Waals surface area contributed by atoms with E-state index in [-0.39, 0.29) is 23.8 Å². The number of hydrogen-bond donors (Lipinski definition) is 0. The van der Waals surface area contributed by atoms with Gasteiger partial charge in [-0.2, -0.15) is 9.78 Å². The molecule has 0 atom stereocenters. The topological polar surface area (TPSA) is 112 Å². The first-order valence-corrected chi connectivity index (χ1v) is 15.2. The van der Waals surface area contributed by atoms with Crippen LogP contribution in [0.1, 0.15) is 41.1 Å². The van der Waals surface area contributed by atoms with Gasteiger partial charge in [0.25, 0.3) is 11.5 Å². The van der Waals surface area contributed by atoms with Crippen molar-refractivity contribution in [2.45, 2.75) is 38.1 Å². The number of carbonyl (C=O) groups excluding carboxylic acids is 2. The summed E-state index contributed by atoms with van der Waals surface area (Å²) in [7, 11) is 0. The molecule has 0 bridgehead atoms. The van der Waals surface area contributed by atoms with Crippen molar-refractivity contribution >= 4 is 52.1 Å². The van der Waals surface area contributed by atoms with E-state index in [1.54, 1.807) is 12.1 Å². The summed E-state index contributed by atoms with van der Waals surface area (Å²) in [6.07, 6.45) is 2.96. The number of Topliss-reactive ketones (excluding diaryl/α,β-unsaturated/α-hetero) is 1. The molecule has 1 aliphatic rings. The van der Waals surface area contributed by atoms with E-state index in [1.807, 2.05) is 39.0 Å². The smallest absolute Gasteiger partial charge is 0.253 e. The summed E-state index contributed by atoms with van der Waals surface area (Å²) < 4.78 is 8.94. The molecule has 0 aromatic carbocycles. The van der Waals surface area contributed by atoms with Crippen LogP contribution >= 0.6 is 34.7 Å². The zero-order valence-electron chi connectivity index (χ0n) is 22.9. The zero-order valence-corrected chi connectivity index (χ0v) is 25.3. The highest BCUT2D eigenvalue weighted by atomic mass is 35.5. The van der Waals surface area contributed by atoms with Gasteiger partial charge in [-0.25, -0.2) is 9.97 Å². The lowest BCUT2D eigenvalue weighted by atomic mass is 9.96. The highest BCUT2D eigenvalue weighted by Crippen LogP contribution is 2.33. The predicted molar refractivity (Wildman–Crippen MR) is 160 cm³/mol. The van der Waals surface area contributed by atoms with Gasteiger partial charge in [0.05, 0.1) is 29.8 Å². The van der Waals surface area contributed by atoms with Gasteiger partial charge in [0.15, 0.2) is 5.82 Å². The molecule has 0 unspecified atom stereocenters. The number of hydrogen-bond acceptors (Lipinski definition) is 10. The Kier molecular flexibility index (Phi) is 8.74. The minimum atomic E-state index is -0.708. The van der Waals surface area contributed by atoms with E-state index >= 15 is 0 Å². The van der Waals surface area contributed by atoms with Crippen molar-refractivity contribution in [2.24, 2.45) is 5.41 Å². The number of morpholine rings is 1. The standard InChI is InChI=1S/C28H29ClN6O4S2/c1-28(2,3)27(38)35-25(40-17-19-5-6-23(29)41-19)15-20(32-35)21-13-18(33-9-11-39-12-10-33)14-24(37)34(21)16-22(36)26-30-7-4-8-31-26/h4-8,13-15H,9-12,16-17H2,1-3H3. The van der Waals surface area contributed by atoms with Crippen LogP contribution in [0.15, 0.2) is 58.6 Å². The number of anilines is 1. The second-order valence-electron chi connectivity index (χ2n) is 10.4. The minimum absolute atomic E-state index is 0.0156. The van der Waals surface area contributed by atoms with Crippen LogP contribution in [0.2, 0.25) is 4.34 Å². The van der Waals surface area contributed by atoms with Crippen molar-refractivity contribution in [3.8, 4) is 11.4 Å². The Bertz CT molecular complexity index is 1620. The molecule has 13 heteroatoms. The lowest BCUT2D eigenvalue weighted by Crippen LogP contribution is -2.37. The molecule has 0 amide bonds. The molecular weight excluding hydrogens is 584 g/mol. The van der Waals surface area contributed by atoms with Gasteiger partial charge in [-0.15, -0.1) is 23.1 Å². The number of ether oxygens (including phenoxy) is 1. The Morgan fingerprint density at radius 2 is 1.83 bits per heavy atom. The first kappa shape index (κ1) is 29.2. The van der Waals surface area contributed by atoms with Crippen LogP contribution in [-0.4, -0.2) is 62.3 Å². The van der Waals surface area contributed by atoms with Gasteiger partial charge in [0.2, 0.25) is 5.78 Å². The first-order valence-electron chi connectivity index (χ1n) is 13.0. The fourth-order valence-electron chi connectivity index (χ4n) is 4.25. The van der Waals surface area contributed by atoms with Gasteiger partial charge in [-0.3, -0.25) is 19.0 Å². The highest BCUT2D eigenvalue weighted by Gasteiger charge is 2.28. The van der Waals surface area contributed by atoms with Crippen LogP contribution in [0.5, 0.6) is 0 Å². The lowest BCUT2D eigenvalue weighted by Gasteiger charge is -2.29. The van der Waals surface area contributed by atoms with Gasteiger partial charge < -0.3 is 9.64 Å². The Hall–Kier alpha value is -3.32. The molecule has 214 valence electrons. The molecule has 4 aromatic heterocycles. The third-order valence-corrected chi connectivity index (χ3v) is 8.83. The van der Waals surface area contributed by atoms with Crippen LogP contribution in [0.4, 0.5) is 5.69 Å². The quantitative estimate of drug-likeness (QED) is 0.202. The Morgan fingerprint density at radius 3 is 2.49 bits per heavy atom. The van der Waals surface area contributed by atoms with Crippen LogP contribution in [0, 0.1) is 5.41 Å². The molecule has 1 saturated heterocycles. The zero-order chi connectivity index (χ0) is 29.1. The maximum Gasteiger partial charge on any atom is 0.253 e. The fourth-order valence-corrected chi connectivity index (χ4v) is 6.37. The number of pyridine rings is 1. The predicted octanol–water partition coefficient (Wildman–Crippen LogP) is 4.91. The van der Waals surface area contributed by atoms with E-state index in [0.29, 0.717) is 58.5 Å². The van der Waals surface area contributed by atoms with Crippen LogP contribution in [-0.2, 0) is 17.0 Å². The summed E-state index contributed by atoms with van der Waals surface area (Å²) in [6.45, 7) is 7.56. The Morgan fingerprint density at radius 1 is 1.10 bits per heavy atom. The number of thioether (sulfide) groups is 1. The van der Waals surface area contributed by atoms with E-state index < -0.39 is 11.2 Å². The van der Waals surface area contributed by atoms with Gasteiger partial charge >= 0.3 is 0 Å². The molecular formula is C28H29ClN6O4S2. The summed E-state index contributed by atoms with van der Waals surface area (Å²) in [6, 6.07) is 10.6. The van der Waals surface area contributed by atoms with E-state index in [2.05, 4.69) is 14.9 Å². The molecule has 41 heavy (non-hydrogen) atoms. The molecule has 5 rings (SSSR count). The number of rotatable bonds is 8. The number of nitrogens with zero attached hydrogens (tertiary/aromatic N) is 6. The summed E-state index contributed by atoms with van der Waals surface area (Å²) in [5.41, 5.74) is 0.452. The van der Waals surface area contributed by atoms with Crippen molar-refractivity contribution < 1.29 is 14.3 Å². The van der Waals surface area contributed by atoms with Crippen LogP contribution < -0.4 is 10.5 Å². The molecule has 1 fully saturated rings. The number of thiophene rings is 1. The monoisotopic (exact) mass is 612 g/mol. The second-order valence-corrected chi connectivity index (χ2v) is 13.2. The summed E-state index contributed by atoms with van der Waals surface area (Å²) >= 11 is 9.05. The molecule has 0 radical (unpaired) electrons. The minimum Gasteiger partial charge on any atom is -0.378 e. The Labute approximate surface area is 250 Å². The van der Waals surface area contributed by atoms with Gasteiger partial charge in [0, 0.05) is 59.3 Å². The van der Waals surface area contributed by atoms with Gasteiger partial charge in [0.1, 0.15) is 10.7 Å². The van der Waals surface area contributed by atoms with Crippen molar-refractivity contribution in [3.05, 3.63) is 74.2 Å². The number of ketones is 1. The third kappa shape index (κ3) is 6.78. The molecule has 0 spiro atoms. The Balaban J connectivity index is 1.60. The molecule has 5 heterocycles. The maximum atomic E-state index is 13.5. The van der Waals surface area contributed by atoms with Crippen LogP contribution in [0.3, 0.4) is 0 Å². The highest BCUT2D eigenvalue weighted by molar-refractivity contribution is 7.98. The normalized spacial score (nSPS) is 13.9. The number of aromatic nitrogens is 5. The number of halogens is 1. The number of carbonyl (C=O) groups is 2. The van der Waals surface area contributed by atoms with Crippen molar-refractivity contribution in [2.75, 3.05) is 31.2 Å². The summed E-state index contributed by atoms with van der Waals surface area (Å²) in [5.74, 6) is -0.00323. The molecule has 10 nitrogen and oxygen atoms in total. The van der Waals surface area contributed by atoms with Crippen molar-refractivity contribution in [1.82, 2.24) is 24.3 Å². The van der Waals surface area contributed by atoms with Gasteiger partial charge in [-0.1, -0.05) is 32.4 Å². The fraction of sp³-hybridized carbons (Fsp3) is 0.357.